The number of aryl methyl sites for hydroxylation is 1. The van der Waals surface area contributed by atoms with Crippen molar-refractivity contribution < 1.29 is 14.3 Å². The van der Waals surface area contributed by atoms with E-state index in [1.165, 1.54) is 0 Å². The standard InChI is InChI=1S/C29H30N6O4/c1-29(2,3)39-28(37)31-15-25-21-13-18(6-8-20(21)27(36)34-33-25)23-14-32-35(5)26(23)22-12-17(7-9-24(22)30-4)19-10-11-38-16-19/h6-9,12-14,19H,10-11,15-16H2,1-3,5H3,(H,31,37)(H,34,36). The maximum absolute atomic E-state index is 12.6. The first-order valence-electron chi connectivity index (χ1n) is 12.7. The minimum Gasteiger partial charge on any atom is -0.444 e. The lowest BCUT2D eigenvalue weighted by Gasteiger charge is -2.19. The van der Waals surface area contributed by atoms with Gasteiger partial charge in [-0.2, -0.15) is 10.2 Å². The summed E-state index contributed by atoms with van der Waals surface area (Å²) in [4.78, 5) is 28.6. The van der Waals surface area contributed by atoms with Crippen molar-refractivity contribution in [2.24, 2.45) is 7.05 Å². The molecule has 0 bridgehead atoms. The number of nitrogens with zero attached hydrogens (tertiary/aromatic N) is 4. The number of hydrogen-bond donors (Lipinski definition) is 2. The van der Waals surface area contributed by atoms with Crippen LogP contribution in [0, 0.1) is 6.57 Å². The minimum atomic E-state index is -0.638. The Kier molecular flexibility index (Phi) is 6.93. The Morgan fingerprint density at radius 2 is 2.05 bits per heavy atom. The number of alkyl carbamates (subject to hydrolysis) is 1. The molecule has 1 aliphatic rings. The Balaban J connectivity index is 1.57. The van der Waals surface area contributed by atoms with Gasteiger partial charge in [-0.25, -0.2) is 14.7 Å². The molecule has 2 aromatic heterocycles. The van der Waals surface area contributed by atoms with Gasteiger partial charge in [0.2, 0.25) is 0 Å². The highest BCUT2D eigenvalue weighted by atomic mass is 16.6. The highest BCUT2D eigenvalue weighted by Crippen LogP contribution is 2.40. The zero-order valence-corrected chi connectivity index (χ0v) is 22.4. The summed E-state index contributed by atoms with van der Waals surface area (Å²) in [6, 6.07) is 11.4. The molecule has 10 heteroatoms. The van der Waals surface area contributed by atoms with E-state index in [0.29, 0.717) is 34.7 Å². The van der Waals surface area contributed by atoms with E-state index >= 15 is 0 Å². The topological polar surface area (TPSA) is 115 Å². The Bertz CT molecular complexity index is 1650. The first-order valence-corrected chi connectivity index (χ1v) is 12.7. The fourth-order valence-corrected chi connectivity index (χ4v) is 4.85. The normalized spacial score (nSPS) is 15.3. The Morgan fingerprint density at radius 3 is 2.77 bits per heavy atom. The molecule has 0 aliphatic carbocycles. The molecule has 3 heterocycles. The Morgan fingerprint density at radius 1 is 1.23 bits per heavy atom. The number of ether oxygens (including phenoxy) is 2. The average Bonchev–Trinajstić information content (AvgIpc) is 3.57. The summed E-state index contributed by atoms with van der Waals surface area (Å²) in [7, 11) is 1.85. The van der Waals surface area contributed by atoms with Gasteiger partial charge in [-0.05, 0) is 50.5 Å². The first kappa shape index (κ1) is 26.1. The maximum atomic E-state index is 12.6. The molecule has 0 spiro atoms. The number of benzene rings is 2. The zero-order valence-electron chi connectivity index (χ0n) is 22.4. The molecule has 1 aliphatic heterocycles. The Hall–Kier alpha value is -4.49. The number of hydrogen-bond acceptors (Lipinski definition) is 6. The molecule has 1 fully saturated rings. The number of aromatic amines is 1. The lowest BCUT2D eigenvalue weighted by atomic mass is 9.92. The summed E-state index contributed by atoms with van der Waals surface area (Å²) < 4.78 is 12.7. The van der Waals surface area contributed by atoms with Crippen molar-refractivity contribution in [3.05, 3.63) is 75.6 Å². The number of H-pyrrole nitrogens is 1. The third-order valence-corrected chi connectivity index (χ3v) is 6.71. The summed E-state index contributed by atoms with van der Waals surface area (Å²) in [5.41, 5.74) is 4.40. The van der Waals surface area contributed by atoms with E-state index in [1.807, 2.05) is 31.3 Å². The van der Waals surface area contributed by atoms with Crippen molar-refractivity contribution in [2.45, 2.75) is 45.3 Å². The van der Waals surface area contributed by atoms with Crippen LogP contribution in [-0.2, 0) is 23.1 Å². The van der Waals surface area contributed by atoms with Crippen LogP contribution >= 0.6 is 0 Å². The summed E-state index contributed by atoms with van der Waals surface area (Å²) in [6.45, 7) is 14.6. The lowest BCUT2D eigenvalue weighted by molar-refractivity contribution is 0.0523. The van der Waals surface area contributed by atoms with Crippen molar-refractivity contribution in [3.63, 3.8) is 0 Å². The highest BCUT2D eigenvalue weighted by Gasteiger charge is 2.23. The predicted molar refractivity (Wildman–Crippen MR) is 148 cm³/mol. The smallest absolute Gasteiger partial charge is 0.407 e. The number of amides is 1. The van der Waals surface area contributed by atoms with Crippen molar-refractivity contribution in [1.29, 1.82) is 0 Å². The summed E-state index contributed by atoms with van der Waals surface area (Å²) in [5.74, 6) is 0.290. The summed E-state index contributed by atoms with van der Waals surface area (Å²) >= 11 is 0. The van der Waals surface area contributed by atoms with Crippen LogP contribution in [0.5, 0.6) is 0 Å². The molecule has 200 valence electrons. The molecule has 4 aromatic rings. The maximum Gasteiger partial charge on any atom is 0.407 e. The number of carbonyl (C=O) groups is 1. The average molecular weight is 527 g/mol. The van der Waals surface area contributed by atoms with Gasteiger partial charge in [0, 0.05) is 36.1 Å². The van der Waals surface area contributed by atoms with Crippen LogP contribution in [0.4, 0.5) is 10.5 Å². The van der Waals surface area contributed by atoms with Crippen LogP contribution in [0.3, 0.4) is 0 Å². The molecular formula is C29H30N6O4. The highest BCUT2D eigenvalue weighted by molar-refractivity contribution is 5.93. The van der Waals surface area contributed by atoms with Crippen molar-refractivity contribution in [2.75, 3.05) is 13.2 Å². The quantitative estimate of drug-likeness (QED) is 0.351. The third kappa shape index (κ3) is 5.40. The van der Waals surface area contributed by atoms with E-state index in [-0.39, 0.29) is 12.1 Å². The summed E-state index contributed by atoms with van der Waals surface area (Å²) in [5, 5.41) is 15.0. The van der Waals surface area contributed by atoms with Crippen LogP contribution in [-0.4, -0.2) is 44.9 Å². The molecule has 0 saturated carbocycles. The number of carbonyl (C=O) groups excluding carboxylic acids is 1. The van der Waals surface area contributed by atoms with Crippen molar-refractivity contribution in [3.8, 4) is 22.4 Å². The SMILES string of the molecule is [C-]#[N+]c1ccc(C2CCOC2)cc1-c1c(-c2ccc3c(=O)[nH]nc(CNC(=O)OC(C)(C)C)c3c2)cnn1C. The van der Waals surface area contributed by atoms with Gasteiger partial charge in [0.05, 0.1) is 42.7 Å². The second-order valence-corrected chi connectivity index (χ2v) is 10.6. The van der Waals surface area contributed by atoms with Gasteiger partial charge in [0.1, 0.15) is 5.60 Å². The summed E-state index contributed by atoms with van der Waals surface area (Å²) in [6.07, 6.45) is 2.13. The number of fused-ring (bicyclic) bond motifs is 1. The third-order valence-electron chi connectivity index (χ3n) is 6.71. The first-order chi connectivity index (χ1) is 18.6. The second-order valence-electron chi connectivity index (χ2n) is 10.6. The molecular weight excluding hydrogens is 496 g/mol. The van der Waals surface area contributed by atoms with E-state index in [4.69, 9.17) is 16.0 Å². The molecule has 5 rings (SSSR count). The Labute approximate surface area is 225 Å². The molecule has 39 heavy (non-hydrogen) atoms. The van der Waals surface area contributed by atoms with Gasteiger partial charge in [-0.3, -0.25) is 9.48 Å². The fraction of sp³-hybridized carbons (Fsp3) is 0.345. The molecule has 1 amide bonds. The van der Waals surface area contributed by atoms with Gasteiger partial charge in [-0.15, -0.1) is 0 Å². The van der Waals surface area contributed by atoms with Gasteiger partial charge in [-0.1, -0.05) is 24.3 Å². The van der Waals surface area contributed by atoms with Crippen LogP contribution in [0.25, 0.3) is 38.0 Å². The van der Waals surface area contributed by atoms with Crippen LogP contribution in [0.15, 0.2) is 47.4 Å². The predicted octanol–water partition coefficient (Wildman–Crippen LogP) is 5.07. The molecule has 2 aromatic carbocycles. The molecule has 1 atom stereocenters. The van der Waals surface area contributed by atoms with Crippen molar-refractivity contribution in [1.82, 2.24) is 25.3 Å². The van der Waals surface area contributed by atoms with Gasteiger partial charge >= 0.3 is 6.09 Å². The lowest BCUT2D eigenvalue weighted by Crippen LogP contribution is -2.32. The molecule has 10 nitrogen and oxygen atoms in total. The van der Waals surface area contributed by atoms with Gasteiger partial charge in [0.15, 0.2) is 5.69 Å². The fourth-order valence-electron chi connectivity index (χ4n) is 4.85. The van der Waals surface area contributed by atoms with E-state index < -0.39 is 11.7 Å². The second kappa shape index (κ2) is 10.3. The molecule has 2 N–H and O–H groups in total. The largest absolute Gasteiger partial charge is 0.444 e. The van der Waals surface area contributed by atoms with Gasteiger partial charge in [0.25, 0.3) is 5.56 Å². The van der Waals surface area contributed by atoms with E-state index in [1.54, 1.807) is 37.7 Å². The number of nitrogens with one attached hydrogen (secondary N) is 2. The van der Waals surface area contributed by atoms with Crippen LogP contribution in [0.1, 0.15) is 44.4 Å². The van der Waals surface area contributed by atoms with Crippen LogP contribution in [0.2, 0.25) is 0 Å². The number of rotatable bonds is 5. The minimum absolute atomic E-state index is 0.0684. The van der Waals surface area contributed by atoms with E-state index in [9.17, 15) is 9.59 Å². The zero-order chi connectivity index (χ0) is 27.7. The number of aromatic nitrogens is 4. The molecule has 1 saturated heterocycles. The molecule has 0 radical (unpaired) electrons. The van der Waals surface area contributed by atoms with E-state index in [2.05, 4.69) is 31.5 Å². The molecule has 1 unspecified atom stereocenters. The van der Waals surface area contributed by atoms with E-state index in [0.717, 1.165) is 41.0 Å². The monoisotopic (exact) mass is 526 g/mol. The van der Waals surface area contributed by atoms with Gasteiger partial charge < -0.3 is 14.8 Å². The van der Waals surface area contributed by atoms with Crippen LogP contribution < -0.4 is 10.9 Å². The van der Waals surface area contributed by atoms with Crippen molar-refractivity contribution >= 4 is 22.6 Å².